The van der Waals surface area contributed by atoms with Crippen molar-refractivity contribution in [3.8, 4) is 6.07 Å². The average molecular weight is 203 g/mol. The van der Waals surface area contributed by atoms with Crippen LogP contribution in [0.3, 0.4) is 0 Å². The zero-order valence-electron chi connectivity index (χ0n) is 7.93. The van der Waals surface area contributed by atoms with Crippen molar-refractivity contribution >= 4 is 0 Å². The van der Waals surface area contributed by atoms with Crippen molar-refractivity contribution in [2.24, 2.45) is 0 Å². The molecule has 1 heterocycles. The van der Waals surface area contributed by atoms with Crippen LogP contribution in [0.25, 0.3) is 0 Å². The van der Waals surface area contributed by atoms with Crippen LogP contribution in [0.2, 0.25) is 0 Å². The molecule has 5 heteroatoms. The highest BCUT2D eigenvalue weighted by Crippen LogP contribution is 2.21. The molecule has 76 valence electrons. The highest BCUT2D eigenvalue weighted by molar-refractivity contribution is 5.22. The summed E-state index contributed by atoms with van der Waals surface area (Å²) in [6, 6.07) is 1.79. The molecule has 1 aliphatic carbocycles. The Balaban J connectivity index is 2.53. The maximum absolute atomic E-state index is 11.5. The normalized spacial score (nSPS) is 15.4. The SMILES string of the molecule is N#Cc1cn(C2CC=CC2)c(=O)[nH]c1=O. The van der Waals surface area contributed by atoms with Gasteiger partial charge >= 0.3 is 5.69 Å². The van der Waals surface area contributed by atoms with E-state index < -0.39 is 11.2 Å². The summed E-state index contributed by atoms with van der Waals surface area (Å²) in [6.45, 7) is 0. The van der Waals surface area contributed by atoms with Crippen molar-refractivity contribution < 1.29 is 0 Å². The first kappa shape index (κ1) is 9.46. The van der Waals surface area contributed by atoms with E-state index in [0.29, 0.717) is 0 Å². The Morgan fingerprint density at radius 3 is 2.67 bits per heavy atom. The molecule has 2 rings (SSSR count). The summed E-state index contributed by atoms with van der Waals surface area (Å²) in [5.41, 5.74) is -1.10. The standard InChI is InChI=1S/C10H9N3O2/c11-5-7-6-13(8-3-1-2-4-8)10(15)12-9(7)14/h1-2,6,8H,3-4H2,(H,12,14,15). The van der Waals surface area contributed by atoms with E-state index in [2.05, 4.69) is 4.98 Å². The second-order valence-corrected chi connectivity index (χ2v) is 3.42. The molecule has 15 heavy (non-hydrogen) atoms. The molecular weight excluding hydrogens is 194 g/mol. The van der Waals surface area contributed by atoms with Crippen molar-refractivity contribution in [1.82, 2.24) is 9.55 Å². The Labute approximate surface area is 85.3 Å². The Morgan fingerprint density at radius 1 is 1.40 bits per heavy atom. The third-order valence-corrected chi connectivity index (χ3v) is 2.46. The lowest BCUT2D eigenvalue weighted by atomic mass is 10.2. The number of allylic oxidation sites excluding steroid dienone is 2. The van der Waals surface area contributed by atoms with Crippen molar-refractivity contribution in [2.45, 2.75) is 18.9 Å². The average Bonchev–Trinajstić information content (AvgIpc) is 2.71. The number of nitrogens with zero attached hydrogens (tertiary/aromatic N) is 2. The first-order valence-corrected chi connectivity index (χ1v) is 4.63. The number of rotatable bonds is 1. The van der Waals surface area contributed by atoms with Gasteiger partial charge in [0.15, 0.2) is 0 Å². The van der Waals surface area contributed by atoms with E-state index in [-0.39, 0.29) is 11.6 Å². The molecule has 1 aliphatic rings. The van der Waals surface area contributed by atoms with E-state index in [1.54, 1.807) is 6.07 Å². The number of hydrogen-bond acceptors (Lipinski definition) is 3. The Morgan fingerprint density at radius 2 is 2.07 bits per heavy atom. The molecule has 0 spiro atoms. The third-order valence-electron chi connectivity index (χ3n) is 2.46. The molecule has 0 aliphatic heterocycles. The zero-order valence-corrected chi connectivity index (χ0v) is 7.93. The van der Waals surface area contributed by atoms with Gasteiger partial charge in [0.25, 0.3) is 5.56 Å². The van der Waals surface area contributed by atoms with Crippen molar-refractivity contribution in [3.05, 3.63) is 44.8 Å². The van der Waals surface area contributed by atoms with Crippen LogP contribution in [0.4, 0.5) is 0 Å². The van der Waals surface area contributed by atoms with Crippen LogP contribution in [0.15, 0.2) is 27.9 Å². The van der Waals surface area contributed by atoms with Crippen LogP contribution < -0.4 is 11.2 Å². The molecule has 0 aromatic carbocycles. The smallest absolute Gasteiger partial charge is 0.296 e. The van der Waals surface area contributed by atoms with Gasteiger partial charge in [-0.2, -0.15) is 5.26 Å². The summed E-state index contributed by atoms with van der Waals surface area (Å²) in [5.74, 6) is 0. The van der Waals surface area contributed by atoms with E-state index in [1.807, 2.05) is 12.2 Å². The minimum atomic E-state index is -0.621. The van der Waals surface area contributed by atoms with E-state index in [4.69, 9.17) is 5.26 Å². The monoisotopic (exact) mass is 203 g/mol. The minimum Gasteiger partial charge on any atom is -0.296 e. The quantitative estimate of drug-likeness (QED) is 0.666. The fraction of sp³-hybridized carbons (Fsp3) is 0.300. The number of aromatic amines is 1. The topological polar surface area (TPSA) is 78.7 Å². The number of H-pyrrole nitrogens is 1. The van der Waals surface area contributed by atoms with Gasteiger partial charge in [-0.25, -0.2) is 4.79 Å². The fourth-order valence-electron chi connectivity index (χ4n) is 1.67. The molecular formula is C10H9N3O2. The molecule has 1 aromatic rings. The molecule has 0 radical (unpaired) electrons. The van der Waals surface area contributed by atoms with E-state index in [0.717, 1.165) is 12.8 Å². The van der Waals surface area contributed by atoms with Gasteiger partial charge in [0.2, 0.25) is 0 Å². The zero-order chi connectivity index (χ0) is 10.8. The van der Waals surface area contributed by atoms with Crippen LogP contribution in [-0.4, -0.2) is 9.55 Å². The van der Waals surface area contributed by atoms with Gasteiger partial charge in [0, 0.05) is 12.2 Å². The van der Waals surface area contributed by atoms with E-state index >= 15 is 0 Å². The summed E-state index contributed by atoms with van der Waals surface area (Å²) >= 11 is 0. The van der Waals surface area contributed by atoms with Gasteiger partial charge < -0.3 is 0 Å². The molecule has 0 amide bonds. The summed E-state index contributed by atoms with van der Waals surface area (Å²) in [7, 11) is 0. The first-order chi connectivity index (χ1) is 7.22. The Hall–Kier alpha value is -2.09. The van der Waals surface area contributed by atoms with Gasteiger partial charge in [0.1, 0.15) is 11.6 Å². The minimum absolute atomic E-state index is 0.0264. The summed E-state index contributed by atoms with van der Waals surface area (Å²) < 4.78 is 1.42. The summed E-state index contributed by atoms with van der Waals surface area (Å²) in [6.07, 6.45) is 6.81. The third kappa shape index (κ3) is 1.62. The van der Waals surface area contributed by atoms with Crippen molar-refractivity contribution in [1.29, 1.82) is 5.26 Å². The summed E-state index contributed by atoms with van der Waals surface area (Å²) in [5, 5.41) is 8.68. The molecule has 0 saturated carbocycles. The maximum atomic E-state index is 11.5. The first-order valence-electron chi connectivity index (χ1n) is 4.63. The van der Waals surface area contributed by atoms with Gasteiger partial charge in [-0.15, -0.1) is 0 Å². The fourth-order valence-corrected chi connectivity index (χ4v) is 1.67. The van der Waals surface area contributed by atoms with Crippen molar-refractivity contribution in [2.75, 3.05) is 0 Å². The molecule has 0 unspecified atom stereocenters. The van der Waals surface area contributed by atoms with Crippen LogP contribution in [-0.2, 0) is 0 Å². The molecule has 0 fully saturated rings. The Kier molecular flexibility index (Phi) is 2.26. The molecule has 0 bridgehead atoms. The van der Waals surface area contributed by atoms with Gasteiger partial charge in [-0.05, 0) is 12.8 Å². The lowest BCUT2D eigenvalue weighted by Crippen LogP contribution is -2.32. The lowest BCUT2D eigenvalue weighted by Gasteiger charge is -2.12. The van der Waals surface area contributed by atoms with Crippen LogP contribution in [0.5, 0.6) is 0 Å². The van der Waals surface area contributed by atoms with Gasteiger partial charge in [-0.3, -0.25) is 14.3 Å². The maximum Gasteiger partial charge on any atom is 0.328 e. The number of nitrogens with one attached hydrogen (secondary N) is 1. The second-order valence-electron chi connectivity index (χ2n) is 3.42. The predicted molar refractivity (Wildman–Crippen MR) is 53.4 cm³/mol. The van der Waals surface area contributed by atoms with E-state index in [9.17, 15) is 9.59 Å². The summed E-state index contributed by atoms with van der Waals surface area (Å²) in [4.78, 5) is 24.7. The van der Waals surface area contributed by atoms with Crippen LogP contribution >= 0.6 is 0 Å². The molecule has 0 atom stereocenters. The van der Waals surface area contributed by atoms with Crippen LogP contribution in [0, 0.1) is 11.3 Å². The molecule has 0 saturated heterocycles. The molecule has 1 aromatic heterocycles. The van der Waals surface area contributed by atoms with Crippen molar-refractivity contribution in [3.63, 3.8) is 0 Å². The number of aromatic nitrogens is 2. The number of nitriles is 1. The molecule has 5 nitrogen and oxygen atoms in total. The van der Waals surface area contributed by atoms with E-state index in [1.165, 1.54) is 10.8 Å². The predicted octanol–water partition coefficient (Wildman–Crippen LogP) is 0.299. The highest BCUT2D eigenvalue weighted by atomic mass is 16.2. The number of hydrogen-bond donors (Lipinski definition) is 1. The molecule has 1 N–H and O–H groups in total. The van der Waals surface area contributed by atoms with Gasteiger partial charge in [0.05, 0.1) is 0 Å². The Bertz CT molecular complexity index is 551. The lowest BCUT2D eigenvalue weighted by molar-refractivity contribution is 0.505. The second kappa shape index (κ2) is 3.58. The van der Waals surface area contributed by atoms with Gasteiger partial charge in [-0.1, -0.05) is 12.2 Å². The highest BCUT2D eigenvalue weighted by Gasteiger charge is 2.15. The largest absolute Gasteiger partial charge is 0.328 e. The van der Waals surface area contributed by atoms with Crippen LogP contribution in [0.1, 0.15) is 24.4 Å².